The van der Waals surface area contributed by atoms with Gasteiger partial charge < -0.3 is 15.2 Å². The molecule has 24 heavy (non-hydrogen) atoms. The Morgan fingerprint density at radius 2 is 2.04 bits per heavy atom. The van der Waals surface area contributed by atoms with Crippen molar-refractivity contribution in [3.05, 3.63) is 35.4 Å². The molecule has 3 rings (SSSR count). The van der Waals surface area contributed by atoms with Gasteiger partial charge in [0.05, 0.1) is 5.92 Å². The quantitative estimate of drug-likeness (QED) is 0.853. The zero-order valence-electron chi connectivity index (χ0n) is 13.6. The molecule has 2 atom stereocenters. The van der Waals surface area contributed by atoms with Crippen LogP contribution < -0.4 is 5.32 Å². The molecule has 0 aliphatic carbocycles. The maximum atomic E-state index is 12.6. The number of fused-ring (bicyclic) bond motifs is 1. The third-order valence-corrected chi connectivity index (χ3v) is 6.12. The topological polar surface area (TPSA) is 75.6 Å². The maximum absolute atomic E-state index is 12.6. The highest BCUT2D eigenvalue weighted by Gasteiger charge is 2.32. The van der Waals surface area contributed by atoms with Crippen molar-refractivity contribution in [2.24, 2.45) is 11.8 Å². The number of benzene rings is 1. The summed E-state index contributed by atoms with van der Waals surface area (Å²) in [6.45, 7) is 1.40. The number of aryl methyl sites for hydroxylation is 1. The number of hydrogen-bond donors (Lipinski definition) is 2. The summed E-state index contributed by atoms with van der Waals surface area (Å²) >= 11 is 1.63. The number of amides is 1. The number of nitrogens with one attached hydrogen (secondary N) is 1. The molecule has 130 valence electrons. The Hall–Kier alpha value is -1.53. The van der Waals surface area contributed by atoms with Gasteiger partial charge in [0.25, 0.3) is 0 Å². The molecule has 0 saturated carbocycles. The monoisotopic (exact) mass is 349 g/mol. The Labute approximate surface area is 146 Å². The minimum atomic E-state index is -0.834. The Morgan fingerprint density at radius 1 is 1.29 bits per heavy atom. The van der Waals surface area contributed by atoms with E-state index in [-0.39, 0.29) is 23.6 Å². The van der Waals surface area contributed by atoms with Gasteiger partial charge in [-0.2, -0.15) is 0 Å². The zero-order valence-corrected chi connectivity index (χ0v) is 14.4. The van der Waals surface area contributed by atoms with E-state index < -0.39 is 11.9 Å². The molecular weight excluding hydrogens is 326 g/mol. The molecule has 0 aromatic heterocycles. The molecule has 2 unspecified atom stereocenters. The zero-order chi connectivity index (χ0) is 16.9. The third kappa shape index (κ3) is 3.92. The van der Waals surface area contributed by atoms with Gasteiger partial charge in [-0.05, 0) is 42.1 Å². The number of carbonyl (C=O) groups is 2. The van der Waals surface area contributed by atoms with E-state index in [0.717, 1.165) is 30.6 Å². The number of aliphatic carboxylic acids is 1. The Morgan fingerprint density at radius 3 is 2.79 bits per heavy atom. The van der Waals surface area contributed by atoms with Crippen LogP contribution in [0.2, 0.25) is 0 Å². The predicted octanol–water partition coefficient (Wildman–Crippen LogP) is 2.26. The molecule has 1 saturated heterocycles. The van der Waals surface area contributed by atoms with Gasteiger partial charge in [0.15, 0.2) is 0 Å². The average Bonchev–Trinajstić information content (AvgIpc) is 2.62. The van der Waals surface area contributed by atoms with Crippen LogP contribution in [0.15, 0.2) is 24.3 Å². The second-order valence-corrected chi connectivity index (χ2v) is 7.55. The van der Waals surface area contributed by atoms with Crippen LogP contribution in [0, 0.1) is 11.8 Å². The summed E-state index contributed by atoms with van der Waals surface area (Å²) in [6, 6.07) is 8.01. The first kappa shape index (κ1) is 17.3. The fourth-order valence-corrected chi connectivity index (χ4v) is 4.71. The van der Waals surface area contributed by atoms with E-state index in [1.165, 1.54) is 5.56 Å². The van der Waals surface area contributed by atoms with E-state index in [0.29, 0.717) is 13.2 Å². The molecule has 0 bridgehead atoms. The van der Waals surface area contributed by atoms with Crippen molar-refractivity contribution in [2.75, 3.05) is 25.5 Å². The highest BCUT2D eigenvalue weighted by Crippen LogP contribution is 2.36. The summed E-state index contributed by atoms with van der Waals surface area (Å²) in [5.41, 5.74) is 2.28. The molecule has 2 aliphatic heterocycles. The van der Waals surface area contributed by atoms with Crippen LogP contribution in [0.25, 0.3) is 0 Å². The van der Waals surface area contributed by atoms with Gasteiger partial charge >= 0.3 is 5.97 Å². The molecule has 2 heterocycles. The summed E-state index contributed by atoms with van der Waals surface area (Å²) in [5.74, 6) is -0.467. The fourth-order valence-electron chi connectivity index (χ4n) is 3.49. The van der Waals surface area contributed by atoms with Crippen LogP contribution in [-0.2, 0) is 20.7 Å². The lowest BCUT2D eigenvalue weighted by Gasteiger charge is -2.29. The van der Waals surface area contributed by atoms with E-state index in [1.807, 2.05) is 18.2 Å². The van der Waals surface area contributed by atoms with Crippen molar-refractivity contribution in [1.82, 2.24) is 5.32 Å². The molecule has 5 nitrogen and oxygen atoms in total. The standard InChI is InChI=1S/C18H23NO4S/c20-17(16-14-4-2-1-3-12(14)7-10-24-16)19-11-15(18(21)22)13-5-8-23-9-6-13/h1-4,13,15-16H,5-11H2,(H,19,20)(H,21,22). The number of rotatable bonds is 5. The number of carbonyl (C=O) groups excluding carboxylic acids is 1. The lowest BCUT2D eigenvalue weighted by atomic mass is 9.86. The van der Waals surface area contributed by atoms with Crippen molar-refractivity contribution in [1.29, 1.82) is 0 Å². The van der Waals surface area contributed by atoms with Gasteiger partial charge in [-0.25, -0.2) is 0 Å². The second-order valence-electron chi connectivity index (χ2n) is 6.34. The van der Waals surface area contributed by atoms with E-state index in [4.69, 9.17) is 4.74 Å². The first-order valence-corrected chi connectivity index (χ1v) is 9.49. The molecular formula is C18H23NO4S. The number of carboxylic acid groups (broad SMARTS) is 1. The molecule has 2 N–H and O–H groups in total. The average molecular weight is 349 g/mol. The largest absolute Gasteiger partial charge is 0.481 e. The van der Waals surface area contributed by atoms with Crippen molar-refractivity contribution in [2.45, 2.75) is 24.5 Å². The van der Waals surface area contributed by atoms with Crippen molar-refractivity contribution >= 4 is 23.6 Å². The lowest BCUT2D eigenvalue weighted by Crippen LogP contribution is -2.40. The first-order valence-electron chi connectivity index (χ1n) is 8.44. The summed E-state index contributed by atoms with van der Waals surface area (Å²) in [5, 5.41) is 12.2. The Bertz CT molecular complexity index is 600. The van der Waals surface area contributed by atoms with Crippen molar-refractivity contribution in [3.8, 4) is 0 Å². The summed E-state index contributed by atoms with van der Waals surface area (Å²) in [4.78, 5) is 24.2. The highest BCUT2D eigenvalue weighted by atomic mass is 32.2. The van der Waals surface area contributed by atoms with Gasteiger partial charge in [0.1, 0.15) is 5.25 Å². The van der Waals surface area contributed by atoms with Crippen LogP contribution in [0.4, 0.5) is 0 Å². The maximum Gasteiger partial charge on any atom is 0.308 e. The Balaban J connectivity index is 1.63. The predicted molar refractivity (Wildman–Crippen MR) is 93.0 cm³/mol. The SMILES string of the molecule is O=C(NCC(C(=O)O)C1CCOCC1)C1SCCc2ccccc21. The van der Waals surface area contributed by atoms with Crippen molar-refractivity contribution < 1.29 is 19.4 Å². The normalized spacial score (nSPS) is 22.4. The third-order valence-electron chi connectivity index (χ3n) is 4.88. The van der Waals surface area contributed by atoms with Crippen molar-refractivity contribution in [3.63, 3.8) is 0 Å². The number of carboxylic acids is 1. The van der Waals surface area contributed by atoms with E-state index in [2.05, 4.69) is 11.4 Å². The number of ether oxygens (including phenoxy) is 1. The van der Waals surface area contributed by atoms with Gasteiger partial charge in [0, 0.05) is 19.8 Å². The number of hydrogen-bond acceptors (Lipinski definition) is 4. The molecule has 2 aliphatic rings. The van der Waals surface area contributed by atoms with Crippen LogP contribution in [0.3, 0.4) is 0 Å². The second kappa shape index (κ2) is 8.03. The molecule has 1 amide bonds. The molecule has 1 fully saturated rings. The molecule has 1 aromatic rings. The molecule has 6 heteroatoms. The molecule has 0 radical (unpaired) electrons. The Kier molecular flexibility index (Phi) is 5.79. The lowest BCUT2D eigenvalue weighted by molar-refractivity contribution is -0.144. The van der Waals surface area contributed by atoms with E-state index in [9.17, 15) is 14.7 Å². The van der Waals surface area contributed by atoms with Crippen LogP contribution in [-0.4, -0.2) is 42.5 Å². The van der Waals surface area contributed by atoms with Crippen LogP contribution in [0.5, 0.6) is 0 Å². The molecule has 0 spiro atoms. The van der Waals surface area contributed by atoms with Gasteiger partial charge in [0.2, 0.25) is 5.91 Å². The molecule has 1 aromatic carbocycles. The summed E-state index contributed by atoms with van der Waals surface area (Å²) < 4.78 is 5.31. The van der Waals surface area contributed by atoms with Crippen LogP contribution in [0.1, 0.15) is 29.2 Å². The first-order chi connectivity index (χ1) is 11.7. The smallest absolute Gasteiger partial charge is 0.308 e. The fraction of sp³-hybridized carbons (Fsp3) is 0.556. The van der Waals surface area contributed by atoms with E-state index >= 15 is 0 Å². The van der Waals surface area contributed by atoms with Gasteiger partial charge in [-0.3, -0.25) is 9.59 Å². The summed E-state index contributed by atoms with van der Waals surface area (Å²) in [7, 11) is 0. The number of thioether (sulfide) groups is 1. The van der Waals surface area contributed by atoms with Crippen LogP contribution >= 0.6 is 11.8 Å². The highest BCUT2D eigenvalue weighted by molar-refractivity contribution is 8.00. The van der Waals surface area contributed by atoms with Gasteiger partial charge in [-0.15, -0.1) is 11.8 Å². The summed E-state index contributed by atoms with van der Waals surface area (Å²) in [6.07, 6.45) is 2.46. The van der Waals surface area contributed by atoms with Gasteiger partial charge in [-0.1, -0.05) is 24.3 Å². The minimum Gasteiger partial charge on any atom is -0.481 e. The minimum absolute atomic E-state index is 0.0721. The van der Waals surface area contributed by atoms with E-state index in [1.54, 1.807) is 11.8 Å².